The molecule has 1 amide bonds. The number of thiophene rings is 1. The van der Waals surface area contributed by atoms with Crippen molar-refractivity contribution < 1.29 is 14.3 Å². The Bertz CT molecular complexity index is 714. The Morgan fingerprint density at radius 2 is 1.96 bits per heavy atom. The summed E-state index contributed by atoms with van der Waals surface area (Å²) in [6, 6.07) is 7.69. The third kappa shape index (κ3) is 4.37. The molecule has 1 aromatic carbocycles. The van der Waals surface area contributed by atoms with E-state index in [-0.39, 0.29) is 11.9 Å². The second kappa shape index (κ2) is 9.05. The maximum atomic E-state index is 12.7. The minimum absolute atomic E-state index is 0.0898. The van der Waals surface area contributed by atoms with Gasteiger partial charge >= 0.3 is 0 Å². The summed E-state index contributed by atoms with van der Waals surface area (Å²) in [5, 5.41) is 7.32. The number of nitrogens with one attached hydrogen (secondary N) is 1. The molecule has 0 unspecified atom stereocenters. The average molecular weight is 375 g/mol. The third-order valence-corrected chi connectivity index (χ3v) is 5.35. The van der Waals surface area contributed by atoms with Crippen molar-refractivity contribution in [2.75, 3.05) is 32.8 Å². The SMILES string of the molecule is CCN(CC)[C@H](CNC(=O)c1ccc2c(c1)OCCCO2)c1ccsc1. The van der Waals surface area contributed by atoms with E-state index in [1.165, 1.54) is 5.56 Å². The van der Waals surface area contributed by atoms with E-state index in [4.69, 9.17) is 9.47 Å². The zero-order valence-corrected chi connectivity index (χ0v) is 16.2. The summed E-state index contributed by atoms with van der Waals surface area (Å²) < 4.78 is 11.3. The zero-order chi connectivity index (χ0) is 18.4. The normalized spacial score (nSPS) is 14.7. The van der Waals surface area contributed by atoms with Gasteiger partial charge < -0.3 is 14.8 Å². The van der Waals surface area contributed by atoms with Crippen molar-refractivity contribution >= 4 is 17.2 Å². The van der Waals surface area contributed by atoms with Crippen LogP contribution in [0.2, 0.25) is 0 Å². The van der Waals surface area contributed by atoms with Crippen LogP contribution in [0.15, 0.2) is 35.0 Å². The maximum absolute atomic E-state index is 12.7. The minimum Gasteiger partial charge on any atom is -0.490 e. The molecule has 3 rings (SSSR count). The molecule has 0 radical (unpaired) electrons. The van der Waals surface area contributed by atoms with Gasteiger partial charge in [0, 0.05) is 18.5 Å². The smallest absolute Gasteiger partial charge is 0.251 e. The van der Waals surface area contributed by atoms with E-state index < -0.39 is 0 Å². The second-order valence-corrected chi connectivity index (χ2v) is 7.00. The van der Waals surface area contributed by atoms with Gasteiger partial charge in [0.25, 0.3) is 5.91 Å². The van der Waals surface area contributed by atoms with Crippen LogP contribution in [0, 0.1) is 0 Å². The number of nitrogens with zero attached hydrogens (tertiary/aromatic N) is 1. The van der Waals surface area contributed by atoms with Gasteiger partial charge in [0.15, 0.2) is 11.5 Å². The fraction of sp³-hybridized carbons (Fsp3) is 0.450. The first-order valence-electron chi connectivity index (χ1n) is 9.17. The topological polar surface area (TPSA) is 50.8 Å². The van der Waals surface area contributed by atoms with Gasteiger partial charge in [-0.15, -0.1) is 0 Å². The van der Waals surface area contributed by atoms with Crippen LogP contribution in [0.1, 0.15) is 42.2 Å². The van der Waals surface area contributed by atoms with E-state index in [1.807, 2.05) is 6.07 Å². The number of amides is 1. The number of benzene rings is 1. The molecule has 5 nitrogen and oxygen atoms in total. The molecule has 2 heterocycles. The molecule has 1 atom stereocenters. The van der Waals surface area contributed by atoms with Gasteiger partial charge in [0.05, 0.1) is 19.3 Å². The highest BCUT2D eigenvalue weighted by atomic mass is 32.1. The van der Waals surface area contributed by atoms with Gasteiger partial charge in [-0.3, -0.25) is 9.69 Å². The van der Waals surface area contributed by atoms with E-state index in [9.17, 15) is 4.79 Å². The summed E-state index contributed by atoms with van der Waals surface area (Å²) >= 11 is 1.68. The number of fused-ring (bicyclic) bond motifs is 1. The van der Waals surface area contributed by atoms with Crippen LogP contribution in [0.4, 0.5) is 0 Å². The lowest BCUT2D eigenvalue weighted by molar-refractivity contribution is 0.0934. The summed E-state index contributed by atoms with van der Waals surface area (Å²) in [6.45, 7) is 8.01. The Kier molecular flexibility index (Phi) is 6.52. The van der Waals surface area contributed by atoms with Crippen LogP contribution in [0.25, 0.3) is 0 Å². The number of carbonyl (C=O) groups is 1. The van der Waals surface area contributed by atoms with Crippen LogP contribution in [0.3, 0.4) is 0 Å². The number of hydrogen-bond acceptors (Lipinski definition) is 5. The summed E-state index contributed by atoms with van der Waals surface area (Å²) in [5.41, 5.74) is 1.84. The Morgan fingerprint density at radius 3 is 2.65 bits per heavy atom. The minimum atomic E-state index is -0.0898. The van der Waals surface area contributed by atoms with Gasteiger partial charge in [-0.25, -0.2) is 0 Å². The van der Waals surface area contributed by atoms with E-state index >= 15 is 0 Å². The van der Waals surface area contributed by atoms with E-state index in [1.54, 1.807) is 23.5 Å². The summed E-state index contributed by atoms with van der Waals surface area (Å²) in [6.07, 6.45) is 0.850. The van der Waals surface area contributed by atoms with Gasteiger partial charge in [-0.05, 0) is 53.7 Å². The van der Waals surface area contributed by atoms with Gasteiger partial charge in [-0.2, -0.15) is 11.3 Å². The molecule has 0 aliphatic carbocycles. The van der Waals surface area contributed by atoms with E-state index in [2.05, 4.69) is 40.9 Å². The predicted molar refractivity (Wildman–Crippen MR) is 104 cm³/mol. The number of hydrogen-bond donors (Lipinski definition) is 1. The molecule has 2 aromatic rings. The molecule has 0 spiro atoms. The summed E-state index contributed by atoms with van der Waals surface area (Å²) in [4.78, 5) is 15.0. The number of ether oxygens (including phenoxy) is 2. The highest BCUT2D eigenvalue weighted by Gasteiger charge is 2.20. The lowest BCUT2D eigenvalue weighted by Gasteiger charge is -2.29. The molecular formula is C20H26N2O3S. The summed E-state index contributed by atoms with van der Waals surface area (Å²) in [5.74, 6) is 1.26. The lowest BCUT2D eigenvalue weighted by atomic mass is 10.1. The fourth-order valence-corrected chi connectivity index (χ4v) is 3.89. The highest BCUT2D eigenvalue weighted by Crippen LogP contribution is 2.30. The van der Waals surface area contributed by atoms with E-state index in [0.717, 1.165) is 19.5 Å². The molecule has 1 aliphatic heterocycles. The van der Waals surface area contributed by atoms with E-state index in [0.29, 0.717) is 36.8 Å². The molecule has 1 aromatic heterocycles. The Hall–Kier alpha value is -2.05. The quantitative estimate of drug-likeness (QED) is 0.802. The first-order chi connectivity index (χ1) is 12.7. The largest absolute Gasteiger partial charge is 0.490 e. The van der Waals surface area contributed by atoms with Crippen molar-refractivity contribution in [3.8, 4) is 11.5 Å². The van der Waals surface area contributed by atoms with Gasteiger partial charge in [0.2, 0.25) is 0 Å². The Balaban J connectivity index is 1.69. The van der Waals surface area contributed by atoms with Crippen molar-refractivity contribution in [2.24, 2.45) is 0 Å². The molecule has 0 saturated carbocycles. The Labute approximate surface area is 158 Å². The first-order valence-corrected chi connectivity index (χ1v) is 10.1. The van der Waals surface area contributed by atoms with Crippen molar-refractivity contribution in [2.45, 2.75) is 26.3 Å². The van der Waals surface area contributed by atoms with Crippen LogP contribution in [0.5, 0.6) is 11.5 Å². The third-order valence-electron chi connectivity index (χ3n) is 4.65. The molecular weight excluding hydrogens is 348 g/mol. The monoisotopic (exact) mass is 374 g/mol. The first kappa shape index (κ1) is 18.7. The van der Waals surface area contributed by atoms with Crippen LogP contribution < -0.4 is 14.8 Å². The molecule has 26 heavy (non-hydrogen) atoms. The van der Waals surface area contributed by atoms with Crippen LogP contribution in [-0.4, -0.2) is 43.7 Å². The maximum Gasteiger partial charge on any atom is 0.251 e. The van der Waals surface area contributed by atoms with Crippen molar-refractivity contribution in [1.29, 1.82) is 0 Å². The second-order valence-electron chi connectivity index (χ2n) is 6.22. The van der Waals surface area contributed by atoms with Gasteiger partial charge in [0.1, 0.15) is 0 Å². The molecule has 0 fully saturated rings. The summed E-state index contributed by atoms with van der Waals surface area (Å²) in [7, 11) is 0. The zero-order valence-electron chi connectivity index (χ0n) is 15.4. The van der Waals surface area contributed by atoms with Crippen LogP contribution >= 0.6 is 11.3 Å². The fourth-order valence-electron chi connectivity index (χ4n) is 3.18. The molecule has 1 aliphatic rings. The standard InChI is InChI=1S/C20H26N2O3S/c1-3-22(4-2)17(16-8-11-26-14-16)13-21-20(23)15-6-7-18-19(12-15)25-10-5-9-24-18/h6-8,11-12,14,17H,3-5,9-10,13H2,1-2H3,(H,21,23)/t17-/m1/s1. The average Bonchev–Trinajstić information content (AvgIpc) is 3.09. The number of rotatable bonds is 7. The van der Waals surface area contributed by atoms with Crippen molar-refractivity contribution in [1.82, 2.24) is 10.2 Å². The number of likely N-dealkylation sites (N-methyl/N-ethyl adjacent to an activating group) is 1. The molecule has 140 valence electrons. The van der Waals surface area contributed by atoms with Crippen molar-refractivity contribution in [3.05, 3.63) is 46.2 Å². The van der Waals surface area contributed by atoms with Crippen LogP contribution in [-0.2, 0) is 0 Å². The predicted octanol–water partition coefficient (Wildman–Crippen LogP) is 3.72. The molecule has 1 N–H and O–H groups in total. The lowest BCUT2D eigenvalue weighted by Crippen LogP contribution is -2.37. The highest BCUT2D eigenvalue weighted by molar-refractivity contribution is 7.07. The molecule has 6 heteroatoms. The van der Waals surface area contributed by atoms with Crippen molar-refractivity contribution in [3.63, 3.8) is 0 Å². The number of carbonyl (C=O) groups excluding carboxylic acids is 1. The Morgan fingerprint density at radius 1 is 1.19 bits per heavy atom. The van der Waals surface area contributed by atoms with Gasteiger partial charge in [-0.1, -0.05) is 13.8 Å². The molecule has 0 bridgehead atoms. The molecule has 0 saturated heterocycles.